The zero-order valence-electron chi connectivity index (χ0n) is 14.2. The van der Waals surface area contributed by atoms with Crippen LogP contribution in [-0.4, -0.2) is 43.6 Å². The highest BCUT2D eigenvalue weighted by molar-refractivity contribution is 5.66. The molecule has 25 heavy (non-hydrogen) atoms. The summed E-state index contributed by atoms with van der Waals surface area (Å²) >= 11 is 0. The topological polar surface area (TPSA) is 65.7 Å². The number of nitrogens with one attached hydrogen (secondary N) is 1. The standard InChI is InChI=1S/C19H23N5O/c25-17-5-8-23(9-6-17)13-16-3-1-15(2-4-16)11-22-19-18-12-20-14-24(18)10-7-21-19/h1-4,7,10,12,14,17,25H,5-6,8-9,11,13H2,(H,21,22). The van der Waals surface area contributed by atoms with E-state index in [4.69, 9.17) is 0 Å². The molecule has 4 rings (SSSR count). The number of aliphatic hydroxyl groups is 1. The molecule has 0 spiro atoms. The predicted molar refractivity (Wildman–Crippen MR) is 97.3 cm³/mol. The molecule has 0 amide bonds. The number of piperidine rings is 1. The van der Waals surface area contributed by atoms with Gasteiger partial charge in [-0.15, -0.1) is 0 Å². The number of likely N-dealkylation sites (tertiary alicyclic amines) is 1. The number of aliphatic hydroxyl groups excluding tert-OH is 1. The first kappa shape index (κ1) is 16.1. The van der Waals surface area contributed by atoms with Gasteiger partial charge in [-0.2, -0.15) is 0 Å². The lowest BCUT2D eigenvalue weighted by molar-refractivity contribution is 0.0792. The van der Waals surface area contributed by atoms with E-state index in [2.05, 4.69) is 44.5 Å². The van der Waals surface area contributed by atoms with Crippen molar-refractivity contribution in [2.75, 3.05) is 18.4 Å². The van der Waals surface area contributed by atoms with Crippen molar-refractivity contribution in [2.45, 2.75) is 32.0 Å². The van der Waals surface area contributed by atoms with Crippen LogP contribution >= 0.6 is 0 Å². The zero-order valence-corrected chi connectivity index (χ0v) is 14.2. The fourth-order valence-corrected chi connectivity index (χ4v) is 3.27. The van der Waals surface area contributed by atoms with Gasteiger partial charge in [0, 0.05) is 38.6 Å². The van der Waals surface area contributed by atoms with Gasteiger partial charge in [-0.05, 0) is 24.0 Å². The molecular weight excluding hydrogens is 314 g/mol. The van der Waals surface area contributed by atoms with Crippen LogP contribution in [0.5, 0.6) is 0 Å². The highest BCUT2D eigenvalue weighted by atomic mass is 16.3. The first-order valence-corrected chi connectivity index (χ1v) is 8.77. The van der Waals surface area contributed by atoms with Crippen LogP contribution in [0.1, 0.15) is 24.0 Å². The predicted octanol–water partition coefficient (Wildman–Crippen LogP) is 2.30. The second-order valence-electron chi connectivity index (χ2n) is 6.64. The minimum Gasteiger partial charge on any atom is -0.393 e. The monoisotopic (exact) mass is 337 g/mol. The molecule has 6 nitrogen and oxygen atoms in total. The van der Waals surface area contributed by atoms with Crippen LogP contribution in [0.2, 0.25) is 0 Å². The van der Waals surface area contributed by atoms with Crippen LogP contribution in [-0.2, 0) is 13.1 Å². The maximum atomic E-state index is 9.59. The normalized spacial score (nSPS) is 16.4. The highest BCUT2D eigenvalue weighted by Crippen LogP contribution is 2.16. The maximum Gasteiger partial charge on any atom is 0.152 e. The van der Waals surface area contributed by atoms with E-state index >= 15 is 0 Å². The molecular formula is C19H23N5O. The van der Waals surface area contributed by atoms with Gasteiger partial charge in [-0.3, -0.25) is 4.90 Å². The van der Waals surface area contributed by atoms with Gasteiger partial charge in [0.1, 0.15) is 5.52 Å². The summed E-state index contributed by atoms with van der Waals surface area (Å²) in [6.07, 6.45) is 8.91. The van der Waals surface area contributed by atoms with Gasteiger partial charge >= 0.3 is 0 Å². The summed E-state index contributed by atoms with van der Waals surface area (Å²) in [7, 11) is 0. The number of rotatable bonds is 5. The Hall–Kier alpha value is -2.44. The summed E-state index contributed by atoms with van der Waals surface area (Å²) in [4.78, 5) is 11.0. The molecule has 1 aromatic carbocycles. The van der Waals surface area contributed by atoms with Crippen molar-refractivity contribution in [2.24, 2.45) is 0 Å². The summed E-state index contributed by atoms with van der Waals surface area (Å²) in [5.41, 5.74) is 3.52. The van der Waals surface area contributed by atoms with Gasteiger partial charge in [0.05, 0.1) is 18.6 Å². The summed E-state index contributed by atoms with van der Waals surface area (Å²) < 4.78 is 1.95. The smallest absolute Gasteiger partial charge is 0.152 e. The second-order valence-corrected chi connectivity index (χ2v) is 6.64. The van der Waals surface area contributed by atoms with E-state index in [1.165, 1.54) is 11.1 Å². The lowest BCUT2D eigenvalue weighted by Crippen LogP contribution is -2.35. The molecule has 1 saturated heterocycles. The second kappa shape index (κ2) is 7.21. The molecule has 130 valence electrons. The van der Waals surface area contributed by atoms with E-state index < -0.39 is 0 Å². The van der Waals surface area contributed by atoms with Gasteiger partial charge < -0.3 is 14.8 Å². The molecule has 6 heteroatoms. The first-order chi connectivity index (χ1) is 12.3. The molecule has 3 heterocycles. The summed E-state index contributed by atoms with van der Waals surface area (Å²) in [5, 5.41) is 13.0. The van der Waals surface area contributed by atoms with Crippen molar-refractivity contribution in [1.29, 1.82) is 0 Å². The largest absolute Gasteiger partial charge is 0.393 e. The Balaban J connectivity index is 1.35. The number of hydrogen-bond acceptors (Lipinski definition) is 5. The molecule has 1 aliphatic heterocycles. The SMILES string of the molecule is OC1CCN(Cc2ccc(CNc3nccn4cncc34)cc2)CC1. The van der Waals surface area contributed by atoms with E-state index in [0.717, 1.165) is 50.4 Å². The molecule has 0 unspecified atom stereocenters. The number of fused-ring (bicyclic) bond motifs is 1. The molecule has 0 saturated carbocycles. The average molecular weight is 337 g/mol. The van der Waals surface area contributed by atoms with Gasteiger partial charge in [-0.25, -0.2) is 9.97 Å². The third-order valence-corrected chi connectivity index (χ3v) is 4.79. The molecule has 0 aliphatic carbocycles. The summed E-state index contributed by atoms with van der Waals surface area (Å²) in [6.45, 7) is 3.64. The minimum absolute atomic E-state index is 0.112. The highest BCUT2D eigenvalue weighted by Gasteiger charge is 2.16. The van der Waals surface area contributed by atoms with Gasteiger partial charge in [0.25, 0.3) is 0 Å². The lowest BCUT2D eigenvalue weighted by Gasteiger charge is -2.29. The quantitative estimate of drug-likeness (QED) is 0.748. The van der Waals surface area contributed by atoms with Crippen molar-refractivity contribution < 1.29 is 5.11 Å². The van der Waals surface area contributed by atoms with Crippen LogP contribution in [0.15, 0.2) is 49.2 Å². The number of imidazole rings is 1. The van der Waals surface area contributed by atoms with E-state index in [-0.39, 0.29) is 6.10 Å². The van der Waals surface area contributed by atoms with Crippen molar-refractivity contribution in [3.05, 3.63) is 60.3 Å². The Kier molecular flexibility index (Phi) is 4.63. The molecule has 1 aliphatic rings. The van der Waals surface area contributed by atoms with Crippen molar-refractivity contribution in [1.82, 2.24) is 19.3 Å². The van der Waals surface area contributed by atoms with E-state index in [1.807, 2.05) is 16.8 Å². The zero-order chi connectivity index (χ0) is 17.1. The molecule has 2 N–H and O–H groups in total. The van der Waals surface area contributed by atoms with Crippen LogP contribution in [0.25, 0.3) is 5.52 Å². The molecule has 0 atom stereocenters. The summed E-state index contributed by atoms with van der Waals surface area (Å²) in [5.74, 6) is 0.843. The lowest BCUT2D eigenvalue weighted by atomic mass is 10.1. The van der Waals surface area contributed by atoms with Gasteiger partial charge in [0.2, 0.25) is 0 Å². The Morgan fingerprint density at radius 3 is 2.68 bits per heavy atom. The fourth-order valence-electron chi connectivity index (χ4n) is 3.27. The molecule has 1 fully saturated rings. The Morgan fingerprint density at radius 1 is 1.12 bits per heavy atom. The number of aromatic nitrogens is 3. The fraction of sp³-hybridized carbons (Fsp3) is 0.368. The molecule has 2 aromatic heterocycles. The Bertz CT molecular complexity index is 821. The van der Waals surface area contributed by atoms with E-state index in [1.54, 1.807) is 12.5 Å². The Morgan fingerprint density at radius 2 is 1.88 bits per heavy atom. The van der Waals surface area contributed by atoms with Crippen LogP contribution in [0, 0.1) is 0 Å². The number of benzene rings is 1. The molecule has 0 radical (unpaired) electrons. The third-order valence-electron chi connectivity index (χ3n) is 4.79. The minimum atomic E-state index is -0.112. The first-order valence-electron chi connectivity index (χ1n) is 8.77. The Labute approximate surface area is 147 Å². The van der Waals surface area contributed by atoms with E-state index in [9.17, 15) is 5.11 Å². The van der Waals surface area contributed by atoms with Crippen LogP contribution in [0.3, 0.4) is 0 Å². The van der Waals surface area contributed by atoms with Crippen LogP contribution < -0.4 is 5.32 Å². The average Bonchev–Trinajstić information content (AvgIpc) is 3.12. The van der Waals surface area contributed by atoms with Gasteiger partial charge in [0.15, 0.2) is 5.82 Å². The third kappa shape index (κ3) is 3.81. The van der Waals surface area contributed by atoms with E-state index in [0.29, 0.717) is 0 Å². The van der Waals surface area contributed by atoms with Crippen molar-refractivity contribution in [3.63, 3.8) is 0 Å². The van der Waals surface area contributed by atoms with Crippen LogP contribution in [0.4, 0.5) is 5.82 Å². The number of anilines is 1. The maximum absolute atomic E-state index is 9.59. The number of hydrogen-bond donors (Lipinski definition) is 2. The molecule has 0 bridgehead atoms. The number of nitrogens with zero attached hydrogens (tertiary/aromatic N) is 4. The van der Waals surface area contributed by atoms with Crippen molar-refractivity contribution >= 4 is 11.3 Å². The summed E-state index contributed by atoms with van der Waals surface area (Å²) in [6, 6.07) is 8.71. The van der Waals surface area contributed by atoms with Crippen molar-refractivity contribution in [3.8, 4) is 0 Å². The van der Waals surface area contributed by atoms with Gasteiger partial charge in [-0.1, -0.05) is 24.3 Å². The molecule has 3 aromatic rings.